The lowest BCUT2D eigenvalue weighted by Crippen LogP contribution is -2.28. The first-order valence-corrected chi connectivity index (χ1v) is 8.51. The van der Waals surface area contributed by atoms with Crippen LogP contribution in [-0.2, 0) is 11.3 Å². The Bertz CT molecular complexity index is 1030. The smallest absolute Gasteiger partial charge is 0.276 e. The number of carbonyl (C=O) groups excluding carboxylic acids is 2. The molecule has 7 nitrogen and oxygen atoms in total. The molecule has 1 aromatic heterocycles. The van der Waals surface area contributed by atoms with E-state index < -0.39 is 17.3 Å². The molecule has 1 heterocycles. The number of halogens is 1. The van der Waals surface area contributed by atoms with E-state index in [9.17, 15) is 18.8 Å². The van der Waals surface area contributed by atoms with Crippen LogP contribution in [0.5, 0.6) is 0 Å². The quantitative estimate of drug-likeness (QED) is 0.688. The Kier molecular flexibility index (Phi) is 5.91. The van der Waals surface area contributed by atoms with Gasteiger partial charge in [-0.05, 0) is 42.5 Å². The van der Waals surface area contributed by atoms with E-state index in [0.717, 1.165) is 4.68 Å². The Hall–Kier alpha value is -3.81. The summed E-state index contributed by atoms with van der Waals surface area (Å²) in [6.07, 6.45) is -0.0337. The highest BCUT2D eigenvalue weighted by molar-refractivity contribution is 6.02. The van der Waals surface area contributed by atoms with Crippen molar-refractivity contribution in [1.82, 2.24) is 9.78 Å². The summed E-state index contributed by atoms with van der Waals surface area (Å²) in [4.78, 5) is 36.3. The van der Waals surface area contributed by atoms with Gasteiger partial charge < -0.3 is 10.6 Å². The van der Waals surface area contributed by atoms with E-state index in [1.165, 1.54) is 36.4 Å². The summed E-state index contributed by atoms with van der Waals surface area (Å²) in [5.41, 5.74) is 0.682. The highest BCUT2D eigenvalue weighted by Crippen LogP contribution is 2.09. The van der Waals surface area contributed by atoms with E-state index in [-0.39, 0.29) is 24.6 Å². The van der Waals surface area contributed by atoms with Crippen LogP contribution in [0.2, 0.25) is 0 Å². The van der Waals surface area contributed by atoms with Crippen LogP contribution in [0.3, 0.4) is 0 Å². The third-order valence-corrected chi connectivity index (χ3v) is 3.81. The van der Waals surface area contributed by atoms with Gasteiger partial charge in [0.05, 0.1) is 6.54 Å². The molecule has 3 aromatic rings. The highest BCUT2D eigenvalue weighted by Gasteiger charge is 2.11. The van der Waals surface area contributed by atoms with E-state index in [1.807, 2.05) is 6.07 Å². The summed E-state index contributed by atoms with van der Waals surface area (Å²) in [5.74, 6) is -1.23. The van der Waals surface area contributed by atoms with Crippen molar-refractivity contribution in [2.45, 2.75) is 13.0 Å². The van der Waals surface area contributed by atoms with Gasteiger partial charge in [0.15, 0.2) is 0 Å². The number of anilines is 2. The first kappa shape index (κ1) is 19.0. The molecule has 0 aliphatic carbocycles. The summed E-state index contributed by atoms with van der Waals surface area (Å²) >= 11 is 0. The van der Waals surface area contributed by atoms with Crippen LogP contribution in [0.25, 0.3) is 0 Å². The van der Waals surface area contributed by atoms with Crippen molar-refractivity contribution in [2.24, 2.45) is 0 Å². The standard InChI is InChI=1S/C20H17FN4O3/c21-14-6-8-16(9-7-14)22-18(26)12-13-25-19(27)11-10-17(24-25)20(28)23-15-4-2-1-3-5-15/h1-11H,12-13H2,(H,22,26)(H,23,28). The molecule has 0 saturated carbocycles. The third kappa shape index (κ3) is 5.10. The molecule has 0 atom stereocenters. The Morgan fingerprint density at radius 1 is 0.893 bits per heavy atom. The van der Waals surface area contributed by atoms with Gasteiger partial charge in [0.2, 0.25) is 5.91 Å². The van der Waals surface area contributed by atoms with Crippen LogP contribution < -0.4 is 16.2 Å². The summed E-state index contributed by atoms with van der Waals surface area (Å²) in [6.45, 7) is -0.00167. The zero-order chi connectivity index (χ0) is 19.9. The number of benzene rings is 2. The van der Waals surface area contributed by atoms with Crippen LogP contribution >= 0.6 is 0 Å². The van der Waals surface area contributed by atoms with Crippen molar-refractivity contribution >= 4 is 23.2 Å². The number of aromatic nitrogens is 2. The largest absolute Gasteiger partial charge is 0.326 e. The van der Waals surface area contributed by atoms with Gasteiger partial charge in [-0.3, -0.25) is 14.4 Å². The second kappa shape index (κ2) is 8.72. The fourth-order valence-corrected chi connectivity index (χ4v) is 2.41. The number of rotatable bonds is 6. The second-order valence-electron chi connectivity index (χ2n) is 5.91. The first-order chi connectivity index (χ1) is 13.5. The number of aryl methyl sites for hydroxylation is 1. The fraction of sp³-hybridized carbons (Fsp3) is 0.100. The average Bonchev–Trinajstić information content (AvgIpc) is 2.70. The molecule has 0 radical (unpaired) electrons. The molecule has 2 N–H and O–H groups in total. The molecule has 0 saturated heterocycles. The average molecular weight is 380 g/mol. The lowest BCUT2D eigenvalue weighted by molar-refractivity contribution is -0.116. The van der Waals surface area contributed by atoms with Crippen molar-refractivity contribution < 1.29 is 14.0 Å². The summed E-state index contributed by atoms with van der Waals surface area (Å²) in [5, 5.41) is 9.30. The van der Waals surface area contributed by atoms with Crippen LogP contribution in [0.1, 0.15) is 16.9 Å². The molecule has 2 aromatic carbocycles. The van der Waals surface area contributed by atoms with Gasteiger partial charge in [-0.1, -0.05) is 18.2 Å². The lowest BCUT2D eigenvalue weighted by Gasteiger charge is -2.08. The molecule has 0 aliphatic rings. The molecule has 0 bridgehead atoms. The van der Waals surface area contributed by atoms with Crippen molar-refractivity contribution in [3.05, 3.63) is 88.6 Å². The number of amides is 2. The number of nitrogens with zero attached hydrogens (tertiary/aromatic N) is 2. The Balaban J connectivity index is 1.63. The molecule has 0 aliphatic heterocycles. The predicted molar refractivity (Wildman–Crippen MR) is 103 cm³/mol. The molecule has 8 heteroatoms. The molecule has 0 spiro atoms. The molecule has 28 heavy (non-hydrogen) atoms. The van der Waals surface area contributed by atoms with Gasteiger partial charge in [0, 0.05) is 23.9 Å². The Morgan fingerprint density at radius 3 is 2.29 bits per heavy atom. The molecule has 3 rings (SSSR count). The Morgan fingerprint density at radius 2 is 1.57 bits per heavy atom. The van der Waals surface area contributed by atoms with Gasteiger partial charge in [-0.2, -0.15) is 5.10 Å². The minimum atomic E-state index is -0.462. The Labute approximate surface area is 159 Å². The lowest BCUT2D eigenvalue weighted by atomic mass is 10.3. The number of hydrogen-bond donors (Lipinski definition) is 2. The first-order valence-electron chi connectivity index (χ1n) is 8.51. The van der Waals surface area contributed by atoms with Gasteiger partial charge >= 0.3 is 0 Å². The summed E-state index contributed by atoms with van der Waals surface area (Å²) in [6, 6.07) is 16.7. The van der Waals surface area contributed by atoms with E-state index in [1.54, 1.807) is 24.3 Å². The van der Waals surface area contributed by atoms with E-state index in [4.69, 9.17) is 0 Å². The molecular weight excluding hydrogens is 363 g/mol. The van der Waals surface area contributed by atoms with Gasteiger partial charge in [0.1, 0.15) is 11.5 Å². The van der Waals surface area contributed by atoms with Crippen molar-refractivity contribution in [3.8, 4) is 0 Å². The SMILES string of the molecule is O=C(CCn1nc(C(=O)Nc2ccccc2)ccc1=O)Nc1ccc(F)cc1. The maximum absolute atomic E-state index is 12.9. The normalized spacial score (nSPS) is 10.3. The second-order valence-corrected chi connectivity index (χ2v) is 5.91. The van der Waals surface area contributed by atoms with Gasteiger partial charge in [-0.15, -0.1) is 0 Å². The van der Waals surface area contributed by atoms with Gasteiger partial charge in [-0.25, -0.2) is 9.07 Å². The maximum atomic E-state index is 12.9. The number of carbonyl (C=O) groups is 2. The maximum Gasteiger partial charge on any atom is 0.276 e. The van der Waals surface area contributed by atoms with Crippen LogP contribution in [0, 0.1) is 5.82 Å². The van der Waals surface area contributed by atoms with Crippen LogP contribution in [-0.4, -0.2) is 21.6 Å². The van der Waals surface area contributed by atoms with E-state index >= 15 is 0 Å². The predicted octanol–water partition coefficient (Wildman–Crippen LogP) is 2.66. The van der Waals surface area contributed by atoms with Crippen LogP contribution in [0.4, 0.5) is 15.8 Å². The molecule has 142 valence electrons. The van der Waals surface area contributed by atoms with Crippen LogP contribution in [0.15, 0.2) is 71.5 Å². The summed E-state index contributed by atoms with van der Waals surface area (Å²) < 4.78 is 13.9. The number of para-hydroxylation sites is 1. The number of hydrogen-bond acceptors (Lipinski definition) is 4. The topological polar surface area (TPSA) is 93.1 Å². The minimum absolute atomic E-state index is 0.00167. The monoisotopic (exact) mass is 380 g/mol. The number of nitrogens with one attached hydrogen (secondary N) is 2. The highest BCUT2D eigenvalue weighted by atomic mass is 19.1. The zero-order valence-corrected chi connectivity index (χ0v) is 14.8. The summed E-state index contributed by atoms with van der Waals surface area (Å²) in [7, 11) is 0. The fourth-order valence-electron chi connectivity index (χ4n) is 2.41. The van der Waals surface area contributed by atoms with Crippen molar-refractivity contribution in [2.75, 3.05) is 10.6 Å². The molecular formula is C20H17FN4O3. The van der Waals surface area contributed by atoms with E-state index in [0.29, 0.717) is 11.4 Å². The van der Waals surface area contributed by atoms with Gasteiger partial charge in [0.25, 0.3) is 11.5 Å². The third-order valence-electron chi connectivity index (χ3n) is 3.81. The van der Waals surface area contributed by atoms with E-state index in [2.05, 4.69) is 15.7 Å². The zero-order valence-electron chi connectivity index (χ0n) is 14.8. The molecule has 0 fully saturated rings. The van der Waals surface area contributed by atoms with Crippen molar-refractivity contribution in [3.63, 3.8) is 0 Å². The molecule has 0 unspecified atom stereocenters. The minimum Gasteiger partial charge on any atom is -0.326 e. The molecule has 2 amide bonds. The van der Waals surface area contributed by atoms with Crippen molar-refractivity contribution in [1.29, 1.82) is 0 Å².